The normalized spacial score (nSPS) is 23.1. The average molecular weight is 126 g/mol. The number of hydrogen-bond donors (Lipinski definition) is 0. The van der Waals surface area contributed by atoms with Gasteiger partial charge in [-0.3, -0.25) is 4.79 Å². The van der Waals surface area contributed by atoms with Gasteiger partial charge >= 0.3 is 0 Å². The Balaban J connectivity index is 2.73. The maximum Gasteiger partial charge on any atom is 0.216 e. The molecule has 1 heterocycles. The molecule has 42 valence electrons. The van der Waals surface area contributed by atoms with Crippen molar-refractivity contribution in [3.05, 3.63) is 23.1 Å². The summed E-state index contributed by atoms with van der Waals surface area (Å²) in [7, 11) is 0. The van der Waals surface area contributed by atoms with Crippen LogP contribution in [-0.2, 0) is 4.79 Å². The Kier molecular flexibility index (Phi) is 1.53. The maximum absolute atomic E-state index is 10.4. The molecule has 8 heavy (non-hydrogen) atoms. The number of allylic oxidation sites excluding steroid dienone is 2. The van der Waals surface area contributed by atoms with Crippen molar-refractivity contribution in [1.29, 1.82) is 0 Å². The molecule has 0 radical (unpaired) electrons. The van der Waals surface area contributed by atoms with Gasteiger partial charge in [-0.2, -0.15) is 0 Å². The van der Waals surface area contributed by atoms with Crippen molar-refractivity contribution in [3.63, 3.8) is 0 Å². The van der Waals surface area contributed by atoms with Gasteiger partial charge in [-0.05, 0) is 30.8 Å². The lowest BCUT2D eigenvalue weighted by Crippen LogP contribution is -1.72. The maximum atomic E-state index is 10.4. The lowest BCUT2D eigenvalue weighted by Gasteiger charge is -1.82. The van der Waals surface area contributed by atoms with E-state index >= 15 is 0 Å². The molecule has 0 spiro atoms. The van der Waals surface area contributed by atoms with Crippen LogP contribution in [0.2, 0.25) is 0 Å². The van der Waals surface area contributed by atoms with Crippen LogP contribution in [0.1, 0.15) is 6.92 Å². The molecular formula is C6H6OS. The lowest BCUT2D eigenvalue weighted by molar-refractivity contribution is -0.106. The van der Waals surface area contributed by atoms with Crippen molar-refractivity contribution < 1.29 is 4.79 Å². The van der Waals surface area contributed by atoms with E-state index in [-0.39, 0.29) is 5.12 Å². The first-order valence-corrected chi connectivity index (χ1v) is 3.21. The van der Waals surface area contributed by atoms with Crippen molar-refractivity contribution in [3.8, 4) is 0 Å². The average Bonchev–Trinajstić information content (AvgIpc) is 2.14. The SMILES string of the molecule is CC=C1C=CC(=O)S1. The van der Waals surface area contributed by atoms with Crippen LogP contribution in [0.25, 0.3) is 0 Å². The van der Waals surface area contributed by atoms with E-state index in [0.717, 1.165) is 4.91 Å². The fraction of sp³-hybridized carbons (Fsp3) is 0.167. The van der Waals surface area contributed by atoms with Gasteiger partial charge in [0.1, 0.15) is 0 Å². The first-order chi connectivity index (χ1) is 3.83. The third-order valence-electron chi connectivity index (χ3n) is 0.887. The van der Waals surface area contributed by atoms with Gasteiger partial charge in [0.25, 0.3) is 0 Å². The summed E-state index contributed by atoms with van der Waals surface area (Å²) < 4.78 is 0. The zero-order chi connectivity index (χ0) is 5.98. The van der Waals surface area contributed by atoms with E-state index in [9.17, 15) is 4.79 Å². The van der Waals surface area contributed by atoms with Crippen LogP contribution in [-0.4, -0.2) is 5.12 Å². The first kappa shape index (κ1) is 5.63. The van der Waals surface area contributed by atoms with Crippen molar-refractivity contribution in [1.82, 2.24) is 0 Å². The lowest BCUT2D eigenvalue weighted by atomic mass is 10.5. The highest BCUT2D eigenvalue weighted by atomic mass is 32.2. The zero-order valence-electron chi connectivity index (χ0n) is 4.55. The standard InChI is InChI=1S/C6H6OS/c1-2-5-3-4-6(7)8-5/h2-4H,1H3. The van der Waals surface area contributed by atoms with Crippen LogP contribution in [0, 0.1) is 0 Å². The largest absolute Gasteiger partial charge is 0.282 e. The second-order valence-corrected chi connectivity index (χ2v) is 2.52. The fourth-order valence-corrected chi connectivity index (χ4v) is 1.11. The molecule has 0 saturated heterocycles. The molecule has 0 unspecified atom stereocenters. The number of rotatable bonds is 0. The van der Waals surface area contributed by atoms with Crippen molar-refractivity contribution in [2.45, 2.75) is 6.92 Å². The van der Waals surface area contributed by atoms with E-state index in [1.807, 2.05) is 19.1 Å². The number of carbonyl (C=O) groups excluding carboxylic acids is 1. The summed E-state index contributed by atoms with van der Waals surface area (Å²) in [6.45, 7) is 1.92. The van der Waals surface area contributed by atoms with E-state index in [0.29, 0.717) is 0 Å². The minimum absolute atomic E-state index is 0.137. The molecule has 0 aromatic carbocycles. The van der Waals surface area contributed by atoms with Crippen molar-refractivity contribution in [2.75, 3.05) is 0 Å². The Labute approximate surface area is 52.5 Å². The van der Waals surface area contributed by atoms with Crippen LogP contribution in [0.4, 0.5) is 0 Å². The molecule has 0 atom stereocenters. The highest BCUT2D eigenvalue weighted by Crippen LogP contribution is 2.24. The molecule has 1 rings (SSSR count). The van der Waals surface area contributed by atoms with Gasteiger partial charge < -0.3 is 0 Å². The third kappa shape index (κ3) is 1.01. The summed E-state index contributed by atoms with van der Waals surface area (Å²) in [5.41, 5.74) is 0. The van der Waals surface area contributed by atoms with Crippen LogP contribution in [0.15, 0.2) is 23.1 Å². The summed E-state index contributed by atoms with van der Waals surface area (Å²) in [4.78, 5) is 11.5. The molecule has 2 heteroatoms. The second kappa shape index (κ2) is 2.18. The van der Waals surface area contributed by atoms with Gasteiger partial charge in [0.15, 0.2) is 0 Å². The molecule has 0 aromatic rings. The monoisotopic (exact) mass is 126 g/mol. The van der Waals surface area contributed by atoms with E-state index in [1.165, 1.54) is 11.8 Å². The fourth-order valence-electron chi connectivity index (χ4n) is 0.490. The van der Waals surface area contributed by atoms with E-state index in [1.54, 1.807) is 6.08 Å². The predicted molar refractivity (Wildman–Crippen MR) is 35.5 cm³/mol. The third-order valence-corrected chi connectivity index (χ3v) is 1.83. The summed E-state index contributed by atoms with van der Waals surface area (Å²) in [5, 5.41) is 0.137. The smallest absolute Gasteiger partial charge is 0.216 e. The molecule has 0 fully saturated rings. The van der Waals surface area contributed by atoms with Crippen LogP contribution in [0.5, 0.6) is 0 Å². The van der Waals surface area contributed by atoms with Crippen LogP contribution in [0.3, 0.4) is 0 Å². The molecule has 0 saturated carbocycles. The molecular weight excluding hydrogens is 120 g/mol. The molecule has 1 aliphatic heterocycles. The van der Waals surface area contributed by atoms with Gasteiger partial charge in [-0.1, -0.05) is 6.08 Å². The number of carbonyl (C=O) groups is 1. The molecule has 1 aliphatic rings. The number of thioether (sulfide) groups is 1. The highest BCUT2D eigenvalue weighted by Gasteiger charge is 2.06. The van der Waals surface area contributed by atoms with E-state index in [4.69, 9.17) is 0 Å². The van der Waals surface area contributed by atoms with Crippen LogP contribution < -0.4 is 0 Å². The topological polar surface area (TPSA) is 17.1 Å². The summed E-state index contributed by atoms with van der Waals surface area (Å²) in [6, 6.07) is 0. The minimum atomic E-state index is 0.137. The molecule has 1 nitrogen and oxygen atoms in total. The summed E-state index contributed by atoms with van der Waals surface area (Å²) in [6.07, 6.45) is 5.33. The van der Waals surface area contributed by atoms with Gasteiger partial charge in [-0.25, -0.2) is 0 Å². The predicted octanol–water partition coefficient (Wildman–Crippen LogP) is 1.72. The molecule has 0 aliphatic carbocycles. The Bertz CT molecular complexity index is 167. The summed E-state index contributed by atoms with van der Waals surface area (Å²) in [5.74, 6) is 0. The first-order valence-electron chi connectivity index (χ1n) is 2.39. The molecule has 0 amide bonds. The van der Waals surface area contributed by atoms with E-state index in [2.05, 4.69) is 0 Å². The Morgan fingerprint density at radius 1 is 1.62 bits per heavy atom. The Hall–Kier alpha value is -0.500. The molecule has 0 N–H and O–H groups in total. The Morgan fingerprint density at radius 3 is 2.62 bits per heavy atom. The highest BCUT2D eigenvalue weighted by molar-refractivity contribution is 8.17. The van der Waals surface area contributed by atoms with Gasteiger partial charge in [0, 0.05) is 4.91 Å². The van der Waals surface area contributed by atoms with Crippen molar-refractivity contribution >= 4 is 16.9 Å². The van der Waals surface area contributed by atoms with Crippen molar-refractivity contribution in [2.24, 2.45) is 0 Å². The van der Waals surface area contributed by atoms with Gasteiger partial charge in [-0.15, -0.1) is 0 Å². The van der Waals surface area contributed by atoms with E-state index < -0.39 is 0 Å². The van der Waals surface area contributed by atoms with Gasteiger partial charge in [0.05, 0.1) is 0 Å². The molecule has 0 bridgehead atoms. The molecule has 0 aromatic heterocycles. The Morgan fingerprint density at radius 2 is 2.38 bits per heavy atom. The number of hydrogen-bond acceptors (Lipinski definition) is 2. The van der Waals surface area contributed by atoms with Gasteiger partial charge in [0.2, 0.25) is 5.12 Å². The summed E-state index contributed by atoms with van der Waals surface area (Å²) >= 11 is 1.28. The zero-order valence-corrected chi connectivity index (χ0v) is 5.37. The second-order valence-electron chi connectivity index (χ2n) is 1.45. The minimum Gasteiger partial charge on any atom is -0.282 e. The quantitative estimate of drug-likeness (QED) is 0.491. The van der Waals surface area contributed by atoms with Crippen LogP contribution >= 0.6 is 11.8 Å².